The van der Waals surface area contributed by atoms with Gasteiger partial charge in [-0.3, -0.25) is 4.57 Å². The SMILES string of the molecule is Nc1ccn([C@@H]2O[C@H](CO)[C@@H](O)[C@H]2O)c(=O)n1.O=CC(O)C(O)CCO. The second-order valence-electron chi connectivity index (χ2n) is 5.48. The molecule has 2 unspecified atom stereocenters. The third-order valence-corrected chi connectivity index (χ3v) is 3.60. The van der Waals surface area contributed by atoms with E-state index < -0.39 is 49.0 Å². The maximum Gasteiger partial charge on any atom is 0.351 e. The average Bonchev–Trinajstić information content (AvgIpc) is 2.90. The molecule has 26 heavy (non-hydrogen) atoms. The molecule has 0 aromatic carbocycles. The number of aromatic nitrogens is 2. The Balaban J connectivity index is 0.000000321. The zero-order valence-corrected chi connectivity index (χ0v) is 13.7. The van der Waals surface area contributed by atoms with Gasteiger partial charge in [-0.25, -0.2) is 4.79 Å². The predicted molar refractivity (Wildman–Crippen MR) is 85.7 cm³/mol. The van der Waals surface area contributed by atoms with Gasteiger partial charge in [-0.1, -0.05) is 0 Å². The number of hydrogen-bond acceptors (Lipinski definition) is 11. The van der Waals surface area contributed by atoms with Crippen LogP contribution in [0, 0.1) is 0 Å². The van der Waals surface area contributed by atoms with E-state index in [0.29, 0.717) is 0 Å². The van der Waals surface area contributed by atoms with Crippen molar-refractivity contribution in [3.63, 3.8) is 0 Å². The summed E-state index contributed by atoms with van der Waals surface area (Å²) >= 11 is 0. The molecule has 0 aliphatic carbocycles. The number of aldehydes is 1. The van der Waals surface area contributed by atoms with Crippen molar-refractivity contribution in [2.24, 2.45) is 0 Å². The molecule has 0 bridgehead atoms. The fourth-order valence-corrected chi connectivity index (χ4v) is 2.12. The van der Waals surface area contributed by atoms with E-state index >= 15 is 0 Å². The molecule has 0 spiro atoms. The van der Waals surface area contributed by atoms with Crippen molar-refractivity contribution in [1.82, 2.24) is 9.55 Å². The fraction of sp³-hybridized carbons (Fsp3) is 0.643. The number of nitrogens with zero attached hydrogens (tertiary/aromatic N) is 2. The molecule has 6 atom stereocenters. The lowest BCUT2D eigenvalue weighted by molar-refractivity contribution is -0.120. The molecule has 0 amide bonds. The van der Waals surface area contributed by atoms with Crippen LogP contribution in [0.2, 0.25) is 0 Å². The first-order valence-corrected chi connectivity index (χ1v) is 7.66. The lowest BCUT2D eigenvalue weighted by Crippen LogP contribution is -2.36. The average molecular weight is 377 g/mol. The lowest BCUT2D eigenvalue weighted by Gasteiger charge is -2.16. The summed E-state index contributed by atoms with van der Waals surface area (Å²) in [7, 11) is 0. The smallest absolute Gasteiger partial charge is 0.351 e. The van der Waals surface area contributed by atoms with Crippen LogP contribution >= 0.6 is 0 Å². The standard InChI is InChI=1S/C9H13N3O5.C5H10O4/c10-5-1-2-12(9(16)11-5)8-7(15)6(14)4(3-13)17-8;6-2-1-4(8)5(9)3-7/h1-2,4,6-8,13-15H,3H2,(H2,10,11,16);3-6,8-9H,1-2H2/t4-,6-,7-,8-;/m1./s1. The van der Waals surface area contributed by atoms with E-state index in [9.17, 15) is 19.8 Å². The number of nitrogens with two attached hydrogens (primary N) is 1. The Kier molecular flexibility index (Phi) is 8.74. The van der Waals surface area contributed by atoms with Crippen LogP contribution < -0.4 is 11.4 Å². The number of carbonyl (C=O) groups is 1. The zero-order chi connectivity index (χ0) is 19.9. The van der Waals surface area contributed by atoms with Crippen molar-refractivity contribution >= 4 is 12.1 Å². The van der Waals surface area contributed by atoms with Gasteiger partial charge in [-0.2, -0.15) is 4.98 Å². The van der Waals surface area contributed by atoms with E-state index in [1.807, 2.05) is 0 Å². The van der Waals surface area contributed by atoms with Crippen molar-refractivity contribution in [3.05, 3.63) is 22.7 Å². The van der Waals surface area contributed by atoms with E-state index in [1.165, 1.54) is 12.3 Å². The third-order valence-electron chi connectivity index (χ3n) is 3.60. The topological polar surface area (TPSA) is 209 Å². The van der Waals surface area contributed by atoms with Gasteiger partial charge in [0.1, 0.15) is 30.2 Å². The molecule has 1 saturated heterocycles. The summed E-state index contributed by atoms with van der Waals surface area (Å²) in [5.74, 6) is 0.0537. The fourth-order valence-electron chi connectivity index (χ4n) is 2.12. The zero-order valence-electron chi connectivity index (χ0n) is 13.7. The largest absolute Gasteiger partial charge is 0.396 e. The minimum Gasteiger partial charge on any atom is -0.396 e. The Bertz CT molecular complexity index is 626. The van der Waals surface area contributed by atoms with E-state index in [4.69, 9.17) is 30.9 Å². The van der Waals surface area contributed by atoms with Crippen LogP contribution in [0.15, 0.2) is 17.1 Å². The monoisotopic (exact) mass is 377 g/mol. The second kappa shape index (κ2) is 10.3. The summed E-state index contributed by atoms with van der Waals surface area (Å²) in [4.78, 5) is 24.7. The normalized spacial score (nSPS) is 27.3. The molecule has 12 nitrogen and oxygen atoms in total. The minimum absolute atomic E-state index is 0.0277. The molecule has 1 aromatic heterocycles. The highest BCUT2D eigenvalue weighted by Gasteiger charge is 2.43. The van der Waals surface area contributed by atoms with Crippen LogP contribution in [0.3, 0.4) is 0 Å². The summed E-state index contributed by atoms with van der Waals surface area (Å²) in [5, 5.41) is 53.6. The molecule has 8 N–H and O–H groups in total. The number of nitrogen functional groups attached to an aromatic ring is 1. The van der Waals surface area contributed by atoms with Crippen molar-refractivity contribution in [2.75, 3.05) is 18.9 Å². The minimum atomic E-state index is -1.36. The molecule has 1 aromatic rings. The molecule has 148 valence electrons. The Morgan fingerprint density at radius 2 is 1.96 bits per heavy atom. The van der Waals surface area contributed by atoms with Crippen LogP contribution in [0.25, 0.3) is 0 Å². The van der Waals surface area contributed by atoms with Gasteiger partial charge in [-0.15, -0.1) is 0 Å². The molecular weight excluding hydrogens is 354 g/mol. The van der Waals surface area contributed by atoms with Crippen molar-refractivity contribution in [1.29, 1.82) is 0 Å². The summed E-state index contributed by atoms with van der Waals surface area (Å²) in [5.41, 5.74) is 4.63. The molecular formula is C14H23N3O9. The number of ether oxygens (including phenoxy) is 1. The summed E-state index contributed by atoms with van der Waals surface area (Å²) in [6.45, 7) is -0.683. The van der Waals surface area contributed by atoms with Gasteiger partial charge in [-0.05, 0) is 12.5 Å². The summed E-state index contributed by atoms with van der Waals surface area (Å²) in [6, 6.07) is 1.37. The molecule has 1 aliphatic heterocycles. The second-order valence-corrected chi connectivity index (χ2v) is 5.48. The van der Waals surface area contributed by atoms with Gasteiger partial charge < -0.3 is 45.9 Å². The highest BCUT2D eigenvalue weighted by Crippen LogP contribution is 2.27. The van der Waals surface area contributed by atoms with Gasteiger partial charge in [0.2, 0.25) is 0 Å². The predicted octanol–water partition coefficient (Wildman–Crippen LogP) is -4.27. The van der Waals surface area contributed by atoms with Gasteiger partial charge in [0.15, 0.2) is 12.5 Å². The maximum atomic E-state index is 11.5. The summed E-state index contributed by atoms with van der Waals surface area (Å²) in [6.07, 6.45) is -5.50. The first-order valence-electron chi connectivity index (χ1n) is 7.66. The summed E-state index contributed by atoms with van der Waals surface area (Å²) < 4.78 is 6.19. The maximum absolute atomic E-state index is 11.5. The van der Waals surface area contributed by atoms with Gasteiger partial charge in [0, 0.05) is 12.8 Å². The van der Waals surface area contributed by atoms with Crippen LogP contribution in [0.4, 0.5) is 5.82 Å². The Hall–Kier alpha value is -1.93. The van der Waals surface area contributed by atoms with Gasteiger partial charge in [0.25, 0.3) is 0 Å². The first kappa shape index (κ1) is 22.1. The Morgan fingerprint density at radius 1 is 1.31 bits per heavy atom. The molecule has 2 heterocycles. The molecule has 0 saturated carbocycles. The lowest BCUT2D eigenvalue weighted by atomic mass is 10.1. The number of rotatable bonds is 6. The van der Waals surface area contributed by atoms with Crippen molar-refractivity contribution in [2.45, 2.75) is 43.2 Å². The quantitative estimate of drug-likeness (QED) is 0.236. The molecule has 12 heteroatoms. The van der Waals surface area contributed by atoms with E-state index in [2.05, 4.69) is 4.98 Å². The molecule has 0 radical (unpaired) electrons. The van der Waals surface area contributed by atoms with Crippen LogP contribution in [-0.4, -0.2) is 90.2 Å². The van der Waals surface area contributed by atoms with Gasteiger partial charge in [0.05, 0.1) is 12.7 Å². The van der Waals surface area contributed by atoms with E-state index in [0.717, 1.165) is 4.57 Å². The van der Waals surface area contributed by atoms with Crippen molar-refractivity contribution in [3.8, 4) is 0 Å². The Labute approximate surface area is 147 Å². The number of anilines is 1. The van der Waals surface area contributed by atoms with Gasteiger partial charge >= 0.3 is 5.69 Å². The van der Waals surface area contributed by atoms with Crippen LogP contribution in [0.5, 0.6) is 0 Å². The van der Waals surface area contributed by atoms with Crippen LogP contribution in [0.1, 0.15) is 12.6 Å². The number of aliphatic hydroxyl groups is 6. The van der Waals surface area contributed by atoms with Crippen LogP contribution in [-0.2, 0) is 9.53 Å². The number of carbonyl (C=O) groups excluding carboxylic acids is 1. The van der Waals surface area contributed by atoms with Crippen molar-refractivity contribution < 1.29 is 40.2 Å². The number of aliphatic hydroxyl groups excluding tert-OH is 6. The van der Waals surface area contributed by atoms with E-state index in [1.54, 1.807) is 0 Å². The highest BCUT2D eigenvalue weighted by molar-refractivity contribution is 5.56. The van der Waals surface area contributed by atoms with E-state index in [-0.39, 0.29) is 25.1 Å². The molecule has 2 rings (SSSR count). The molecule has 1 fully saturated rings. The Morgan fingerprint density at radius 3 is 2.42 bits per heavy atom. The highest BCUT2D eigenvalue weighted by atomic mass is 16.6. The number of hydrogen-bond donors (Lipinski definition) is 7. The molecule has 1 aliphatic rings. The first-order chi connectivity index (χ1) is 12.3. The third kappa shape index (κ3) is 5.54.